The molecular weight excluding hydrogens is 276 g/mol. The van der Waals surface area contributed by atoms with E-state index in [1.807, 2.05) is 60.9 Å². The van der Waals surface area contributed by atoms with Crippen molar-refractivity contribution < 1.29 is 9.90 Å². The fraction of sp³-hybridized carbons (Fsp3) is 0.111. The summed E-state index contributed by atoms with van der Waals surface area (Å²) in [5.74, 6) is -0.930. The molecule has 0 amide bonds. The zero-order valence-corrected chi connectivity index (χ0v) is 12.4. The minimum atomic E-state index is -0.930. The van der Waals surface area contributed by atoms with Crippen LogP contribution in [0.4, 0.5) is 0 Å². The predicted molar refractivity (Wildman–Crippen MR) is 85.4 cm³/mol. The fourth-order valence-electron chi connectivity index (χ4n) is 2.55. The SMILES string of the molecule is Cc1ccc(-n2c(-c3ccccn3)cc(C(=O)O)c2C)cc1. The molecule has 2 heterocycles. The molecule has 1 aromatic carbocycles. The van der Waals surface area contributed by atoms with Crippen LogP contribution in [-0.2, 0) is 0 Å². The number of carboxylic acid groups (broad SMARTS) is 1. The Hall–Kier alpha value is -2.88. The Balaban J connectivity index is 2.27. The van der Waals surface area contributed by atoms with Crippen molar-refractivity contribution in [3.63, 3.8) is 0 Å². The Kier molecular flexibility index (Phi) is 3.51. The Morgan fingerprint density at radius 1 is 1.09 bits per heavy atom. The average molecular weight is 292 g/mol. The Morgan fingerprint density at radius 3 is 2.41 bits per heavy atom. The molecule has 0 aliphatic carbocycles. The minimum absolute atomic E-state index is 0.293. The van der Waals surface area contributed by atoms with Gasteiger partial charge in [0.05, 0.1) is 17.0 Å². The van der Waals surface area contributed by atoms with Gasteiger partial charge in [-0.3, -0.25) is 4.98 Å². The minimum Gasteiger partial charge on any atom is -0.478 e. The summed E-state index contributed by atoms with van der Waals surface area (Å²) >= 11 is 0. The molecule has 1 N–H and O–H groups in total. The highest BCUT2D eigenvalue weighted by molar-refractivity contribution is 5.91. The highest BCUT2D eigenvalue weighted by Crippen LogP contribution is 2.28. The lowest BCUT2D eigenvalue weighted by Crippen LogP contribution is -2.02. The molecule has 4 heteroatoms. The number of aromatic nitrogens is 2. The molecule has 0 spiro atoms. The van der Waals surface area contributed by atoms with Gasteiger partial charge in [-0.15, -0.1) is 0 Å². The van der Waals surface area contributed by atoms with E-state index in [1.54, 1.807) is 12.3 Å². The van der Waals surface area contributed by atoms with Gasteiger partial charge in [-0.05, 0) is 44.2 Å². The zero-order valence-electron chi connectivity index (χ0n) is 12.4. The van der Waals surface area contributed by atoms with Crippen molar-refractivity contribution in [1.29, 1.82) is 0 Å². The van der Waals surface area contributed by atoms with E-state index in [0.29, 0.717) is 11.3 Å². The smallest absolute Gasteiger partial charge is 0.337 e. The normalized spacial score (nSPS) is 10.6. The number of pyridine rings is 1. The maximum Gasteiger partial charge on any atom is 0.337 e. The lowest BCUT2D eigenvalue weighted by Gasteiger charge is -2.12. The molecule has 110 valence electrons. The van der Waals surface area contributed by atoms with Crippen LogP contribution in [0.2, 0.25) is 0 Å². The van der Waals surface area contributed by atoms with E-state index < -0.39 is 5.97 Å². The van der Waals surface area contributed by atoms with Crippen molar-refractivity contribution in [1.82, 2.24) is 9.55 Å². The van der Waals surface area contributed by atoms with E-state index in [1.165, 1.54) is 0 Å². The Morgan fingerprint density at radius 2 is 1.82 bits per heavy atom. The summed E-state index contributed by atoms with van der Waals surface area (Å²) in [4.78, 5) is 15.8. The van der Waals surface area contributed by atoms with Gasteiger partial charge in [0.25, 0.3) is 0 Å². The first kappa shape index (κ1) is 14.1. The standard InChI is InChI=1S/C18H16N2O2/c1-12-6-8-14(9-7-12)20-13(2)15(18(21)22)11-17(20)16-5-3-4-10-19-16/h3-11H,1-2H3,(H,21,22). The number of rotatable bonds is 3. The van der Waals surface area contributed by atoms with Crippen LogP contribution < -0.4 is 0 Å². The average Bonchev–Trinajstić information content (AvgIpc) is 2.87. The van der Waals surface area contributed by atoms with Crippen LogP contribution in [0.25, 0.3) is 17.1 Å². The summed E-state index contributed by atoms with van der Waals surface area (Å²) in [7, 11) is 0. The second kappa shape index (κ2) is 5.48. The third-order valence-electron chi connectivity index (χ3n) is 3.70. The summed E-state index contributed by atoms with van der Waals surface area (Å²) in [6.07, 6.45) is 1.71. The van der Waals surface area contributed by atoms with Crippen molar-refractivity contribution in [3.8, 4) is 17.1 Å². The molecule has 2 aromatic heterocycles. The van der Waals surface area contributed by atoms with Crippen molar-refractivity contribution in [2.75, 3.05) is 0 Å². The van der Waals surface area contributed by atoms with Crippen LogP contribution in [0.5, 0.6) is 0 Å². The quantitative estimate of drug-likeness (QED) is 0.797. The van der Waals surface area contributed by atoms with Gasteiger partial charge in [0, 0.05) is 17.6 Å². The van der Waals surface area contributed by atoms with Crippen molar-refractivity contribution in [3.05, 3.63) is 71.5 Å². The van der Waals surface area contributed by atoms with Gasteiger partial charge in [-0.2, -0.15) is 0 Å². The highest BCUT2D eigenvalue weighted by Gasteiger charge is 2.19. The van der Waals surface area contributed by atoms with E-state index in [9.17, 15) is 9.90 Å². The summed E-state index contributed by atoms with van der Waals surface area (Å²) in [6, 6.07) is 15.3. The summed E-state index contributed by atoms with van der Waals surface area (Å²) < 4.78 is 1.94. The Bertz CT molecular complexity index is 818. The second-order valence-electron chi connectivity index (χ2n) is 5.22. The van der Waals surface area contributed by atoms with Crippen molar-refractivity contribution in [2.45, 2.75) is 13.8 Å². The van der Waals surface area contributed by atoms with Crippen molar-refractivity contribution in [2.24, 2.45) is 0 Å². The van der Waals surface area contributed by atoms with Crippen LogP contribution in [0.15, 0.2) is 54.7 Å². The van der Waals surface area contributed by atoms with Crippen LogP contribution in [0, 0.1) is 13.8 Å². The molecule has 4 nitrogen and oxygen atoms in total. The van der Waals surface area contributed by atoms with Gasteiger partial charge >= 0.3 is 5.97 Å². The first-order valence-electron chi connectivity index (χ1n) is 7.02. The fourth-order valence-corrected chi connectivity index (χ4v) is 2.55. The van der Waals surface area contributed by atoms with Crippen LogP contribution in [0.1, 0.15) is 21.6 Å². The van der Waals surface area contributed by atoms with Gasteiger partial charge in [-0.1, -0.05) is 23.8 Å². The number of carboxylic acids is 1. The van der Waals surface area contributed by atoms with Crippen LogP contribution in [0.3, 0.4) is 0 Å². The molecule has 3 aromatic rings. The lowest BCUT2D eigenvalue weighted by atomic mass is 10.2. The molecule has 0 fully saturated rings. The maximum atomic E-state index is 11.5. The number of carbonyl (C=O) groups is 1. The molecule has 0 bridgehead atoms. The third kappa shape index (κ3) is 2.39. The zero-order chi connectivity index (χ0) is 15.7. The van der Waals surface area contributed by atoms with Gasteiger partial charge in [-0.25, -0.2) is 4.79 Å². The van der Waals surface area contributed by atoms with E-state index in [0.717, 1.165) is 22.6 Å². The summed E-state index contributed by atoms with van der Waals surface area (Å²) in [5.41, 5.74) is 4.60. The van der Waals surface area contributed by atoms with E-state index in [4.69, 9.17) is 0 Å². The predicted octanol–water partition coefficient (Wildman–Crippen LogP) is 3.85. The number of hydrogen-bond acceptors (Lipinski definition) is 2. The maximum absolute atomic E-state index is 11.5. The lowest BCUT2D eigenvalue weighted by molar-refractivity contribution is 0.0696. The molecule has 0 aliphatic rings. The molecule has 0 saturated carbocycles. The second-order valence-corrected chi connectivity index (χ2v) is 5.22. The first-order valence-corrected chi connectivity index (χ1v) is 7.02. The molecule has 3 rings (SSSR count). The van der Waals surface area contributed by atoms with Gasteiger partial charge in [0.1, 0.15) is 0 Å². The van der Waals surface area contributed by atoms with Crippen LogP contribution in [-0.4, -0.2) is 20.6 Å². The summed E-state index contributed by atoms with van der Waals surface area (Å²) in [6.45, 7) is 3.84. The van der Waals surface area contributed by atoms with E-state index in [2.05, 4.69) is 4.98 Å². The highest BCUT2D eigenvalue weighted by atomic mass is 16.4. The molecule has 22 heavy (non-hydrogen) atoms. The topological polar surface area (TPSA) is 55.1 Å². The van der Waals surface area contributed by atoms with Crippen LogP contribution >= 0.6 is 0 Å². The molecule has 0 saturated heterocycles. The molecular formula is C18H16N2O2. The van der Waals surface area contributed by atoms with Gasteiger partial charge in [0.2, 0.25) is 0 Å². The number of nitrogens with zero attached hydrogens (tertiary/aromatic N) is 2. The molecule has 0 atom stereocenters. The number of hydrogen-bond donors (Lipinski definition) is 1. The molecule has 0 aliphatic heterocycles. The third-order valence-corrected chi connectivity index (χ3v) is 3.70. The van der Waals surface area contributed by atoms with Crippen molar-refractivity contribution >= 4 is 5.97 Å². The van der Waals surface area contributed by atoms with Gasteiger partial charge < -0.3 is 9.67 Å². The largest absolute Gasteiger partial charge is 0.478 e. The van der Waals surface area contributed by atoms with Gasteiger partial charge in [0.15, 0.2) is 0 Å². The first-order chi connectivity index (χ1) is 10.6. The van der Waals surface area contributed by atoms with E-state index in [-0.39, 0.29) is 0 Å². The molecule has 0 radical (unpaired) electrons. The number of aryl methyl sites for hydroxylation is 1. The molecule has 0 unspecified atom stereocenters. The summed E-state index contributed by atoms with van der Waals surface area (Å²) in [5, 5.41) is 9.41. The number of benzene rings is 1. The van der Waals surface area contributed by atoms with E-state index >= 15 is 0 Å². The Labute approximate surface area is 128 Å². The number of aromatic carboxylic acids is 1. The monoisotopic (exact) mass is 292 g/mol.